The van der Waals surface area contributed by atoms with Crippen molar-refractivity contribution in [1.82, 2.24) is 4.31 Å². The Hall–Kier alpha value is -0.440. The quantitative estimate of drug-likeness (QED) is 0.872. The third-order valence-corrected chi connectivity index (χ3v) is 8.04. The summed E-state index contributed by atoms with van der Waals surface area (Å²) in [6.45, 7) is 3.84. The Balaban J connectivity index is 2.32. The summed E-state index contributed by atoms with van der Waals surface area (Å²) >= 11 is 4.48. The van der Waals surface area contributed by atoms with Crippen molar-refractivity contribution < 1.29 is 18.3 Å². The first kappa shape index (κ1) is 15.9. The van der Waals surface area contributed by atoms with Gasteiger partial charge >= 0.3 is 5.97 Å². The highest BCUT2D eigenvalue weighted by Gasteiger charge is 2.42. The molecule has 1 saturated heterocycles. The van der Waals surface area contributed by atoms with E-state index in [1.807, 2.05) is 6.92 Å². The van der Waals surface area contributed by atoms with Crippen molar-refractivity contribution in [3.63, 3.8) is 0 Å². The Morgan fingerprint density at radius 2 is 2.20 bits per heavy atom. The summed E-state index contributed by atoms with van der Waals surface area (Å²) in [7, 11) is -3.61. The summed E-state index contributed by atoms with van der Waals surface area (Å²) in [5, 5.41) is 9.27. The minimum atomic E-state index is -3.61. The van der Waals surface area contributed by atoms with E-state index in [9.17, 15) is 18.3 Å². The first-order valence-electron chi connectivity index (χ1n) is 6.16. The van der Waals surface area contributed by atoms with Crippen LogP contribution in [0.1, 0.15) is 25.3 Å². The SMILES string of the molecule is Cc1cc(S(=O)(=O)N2CCCC(C)(C(=O)O)C2)sc1Br. The molecule has 1 atom stereocenters. The number of carboxylic acid groups (broad SMARTS) is 1. The summed E-state index contributed by atoms with van der Waals surface area (Å²) < 4.78 is 27.5. The molecular weight excluding hydrogens is 366 g/mol. The standard InChI is InChI=1S/C12H16BrNO4S2/c1-8-6-9(19-10(8)13)20(17,18)14-5-3-4-12(2,7-14)11(15)16/h6H,3-5,7H2,1-2H3,(H,15,16). The molecule has 0 amide bonds. The molecule has 0 aliphatic carbocycles. The van der Waals surface area contributed by atoms with Gasteiger partial charge < -0.3 is 5.11 Å². The fraction of sp³-hybridized carbons (Fsp3) is 0.583. The minimum absolute atomic E-state index is 0.0270. The number of halogens is 1. The van der Waals surface area contributed by atoms with E-state index in [-0.39, 0.29) is 10.8 Å². The Morgan fingerprint density at radius 3 is 2.70 bits per heavy atom. The van der Waals surface area contributed by atoms with Crippen molar-refractivity contribution in [2.45, 2.75) is 30.9 Å². The largest absolute Gasteiger partial charge is 0.481 e. The fourth-order valence-corrected chi connectivity index (χ4v) is 6.24. The zero-order chi connectivity index (χ0) is 15.1. The summed E-state index contributed by atoms with van der Waals surface area (Å²) in [6.07, 6.45) is 1.06. The molecule has 1 unspecified atom stereocenters. The van der Waals surface area contributed by atoms with Crippen molar-refractivity contribution in [3.8, 4) is 0 Å². The molecule has 1 fully saturated rings. The number of carbonyl (C=O) groups is 1. The number of hydrogen-bond donors (Lipinski definition) is 1. The van der Waals surface area contributed by atoms with Gasteiger partial charge in [0.15, 0.2) is 0 Å². The number of aliphatic carboxylic acids is 1. The molecule has 0 radical (unpaired) electrons. The van der Waals surface area contributed by atoms with Gasteiger partial charge in [-0.2, -0.15) is 4.31 Å². The maximum absolute atomic E-state index is 12.6. The molecule has 0 aromatic carbocycles. The summed E-state index contributed by atoms with van der Waals surface area (Å²) in [5.41, 5.74) is -0.138. The van der Waals surface area contributed by atoms with Crippen molar-refractivity contribution >= 4 is 43.3 Å². The van der Waals surface area contributed by atoms with E-state index in [0.29, 0.717) is 19.4 Å². The van der Waals surface area contributed by atoms with Gasteiger partial charge in [-0.05, 0) is 54.2 Å². The molecule has 1 aromatic rings. The number of hydrogen-bond acceptors (Lipinski definition) is 4. The Kier molecular flexibility index (Phi) is 4.30. The van der Waals surface area contributed by atoms with Crippen LogP contribution in [0.4, 0.5) is 0 Å². The fourth-order valence-electron chi connectivity index (χ4n) is 2.26. The van der Waals surface area contributed by atoms with Crippen LogP contribution in [0.25, 0.3) is 0 Å². The molecule has 0 spiro atoms. The number of piperidine rings is 1. The number of rotatable bonds is 3. The number of aryl methyl sites for hydroxylation is 1. The third kappa shape index (κ3) is 2.79. The highest BCUT2D eigenvalue weighted by molar-refractivity contribution is 9.11. The van der Waals surface area contributed by atoms with Crippen LogP contribution in [0.15, 0.2) is 14.1 Å². The molecule has 0 saturated carbocycles. The average molecular weight is 382 g/mol. The Bertz CT molecular complexity index is 620. The van der Waals surface area contributed by atoms with Gasteiger partial charge in [0, 0.05) is 13.1 Å². The van der Waals surface area contributed by atoms with Crippen LogP contribution in [-0.2, 0) is 14.8 Å². The maximum Gasteiger partial charge on any atom is 0.310 e. The summed E-state index contributed by atoms with van der Waals surface area (Å²) in [6, 6.07) is 1.62. The van der Waals surface area contributed by atoms with Gasteiger partial charge in [0.25, 0.3) is 10.0 Å². The molecular formula is C12H16BrNO4S2. The van der Waals surface area contributed by atoms with E-state index in [1.165, 1.54) is 4.31 Å². The first-order valence-corrected chi connectivity index (χ1v) is 9.21. The van der Waals surface area contributed by atoms with E-state index >= 15 is 0 Å². The number of thiophene rings is 1. The van der Waals surface area contributed by atoms with Crippen LogP contribution < -0.4 is 0 Å². The third-order valence-electron chi connectivity index (χ3n) is 3.61. The minimum Gasteiger partial charge on any atom is -0.481 e. The van der Waals surface area contributed by atoms with Crippen LogP contribution in [0.5, 0.6) is 0 Å². The second kappa shape index (κ2) is 5.40. The van der Waals surface area contributed by atoms with E-state index in [1.54, 1.807) is 13.0 Å². The molecule has 8 heteroatoms. The number of sulfonamides is 1. The average Bonchev–Trinajstić information content (AvgIpc) is 2.70. The first-order chi connectivity index (χ1) is 9.17. The molecule has 5 nitrogen and oxygen atoms in total. The highest BCUT2D eigenvalue weighted by Crippen LogP contribution is 2.36. The second-order valence-electron chi connectivity index (χ2n) is 5.33. The van der Waals surface area contributed by atoms with Crippen LogP contribution in [0, 0.1) is 12.3 Å². The van der Waals surface area contributed by atoms with Crippen molar-refractivity contribution in [1.29, 1.82) is 0 Å². The van der Waals surface area contributed by atoms with E-state index < -0.39 is 21.4 Å². The smallest absolute Gasteiger partial charge is 0.310 e. The topological polar surface area (TPSA) is 74.7 Å². The highest BCUT2D eigenvalue weighted by atomic mass is 79.9. The monoisotopic (exact) mass is 381 g/mol. The van der Waals surface area contributed by atoms with Gasteiger partial charge in [-0.15, -0.1) is 11.3 Å². The van der Waals surface area contributed by atoms with Crippen molar-refractivity contribution in [3.05, 3.63) is 15.4 Å². The Morgan fingerprint density at radius 1 is 1.55 bits per heavy atom. The number of carboxylic acids is 1. The normalized spacial score (nSPS) is 24.8. The van der Waals surface area contributed by atoms with Gasteiger partial charge in [0.1, 0.15) is 4.21 Å². The molecule has 1 aliphatic heterocycles. The van der Waals surface area contributed by atoms with Crippen molar-refractivity contribution in [2.24, 2.45) is 5.41 Å². The summed E-state index contributed by atoms with van der Waals surface area (Å²) in [5.74, 6) is -0.944. The van der Waals surface area contributed by atoms with Crippen LogP contribution in [-0.4, -0.2) is 36.9 Å². The second-order valence-corrected chi connectivity index (χ2v) is 9.86. The number of nitrogens with zero attached hydrogens (tertiary/aromatic N) is 1. The lowest BCUT2D eigenvalue weighted by Gasteiger charge is -2.36. The van der Waals surface area contributed by atoms with Crippen molar-refractivity contribution in [2.75, 3.05) is 13.1 Å². The van der Waals surface area contributed by atoms with E-state index in [0.717, 1.165) is 20.7 Å². The molecule has 0 bridgehead atoms. The predicted molar refractivity (Wildman–Crippen MR) is 80.5 cm³/mol. The molecule has 112 valence electrons. The molecule has 20 heavy (non-hydrogen) atoms. The van der Waals surface area contributed by atoms with Crippen LogP contribution in [0.2, 0.25) is 0 Å². The van der Waals surface area contributed by atoms with Crippen LogP contribution in [0.3, 0.4) is 0 Å². The summed E-state index contributed by atoms with van der Waals surface area (Å²) in [4.78, 5) is 11.3. The van der Waals surface area contributed by atoms with Gasteiger partial charge in [-0.1, -0.05) is 0 Å². The molecule has 2 rings (SSSR count). The van der Waals surface area contributed by atoms with Gasteiger partial charge in [-0.25, -0.2) is 8.42 Å². The lowest BCUT2D eigenvalue weighted by molar-refractivity contribution is -0.150. The van der Waals surface area contributed by atoms with Gasteiger partial charge in [0.05, 0.1) is 9.20 Å². The maximum atomic E-state index is 12.6. The lowest BCUT2D eigenvalue weighted by atomic mass is 9.83. The van der Waals surface area contributed by atoms with E-state index in [4.69, 9.17) is 0 Å². The predicted octanol–water partition coefficient (Wildman–Crippen LogP) is 2.69. The zero-order valence-electron chi connectivity index (χ0n) is 11.2. The molecule has 1 N–H and O–H groups in total. The molecule has 1 aliphatic rings. The van der Waals surface area contributed by atoms with Gasteiger partial charge in [0.2, 0.25) is 0 Å². The molecule has 2 heterocycles. The van der Waals surface area contributed by atoms with Crippen LogP contribution >= 0.6 is 27.3 Å². The lowest BCUT2D eigenvalue weighted by Crippen LogP contribution is -2.48. The zero-order valence-corrected chi connectivity index (χ0v) is 14.4. The van der Waals surface area contributed by atoms with E-state index in [2.05, 4.69) is 15.9 Å². The Labute approximate surface area is 130 Å². The molecule has 1 aromatic heterocycles. The van der Waals surface area contributed by atoms with Gasteiger partial charge in [-0.3, -0.25) is 4.79 Å².